The van der Waals surface area contributed by atoms with E-state index in [0.29, 0.717) is 0 Å². The first kappa shape index (κ1) is 16.5. The summed E-state index contributed by atoms with van der Waals surface area (Å²) in [4.78, 5) is 6.73. The first-order chi connectivity index (χ1) is 11.5. The van der Waals surface area contributed by atoms with E-state index in [1.165, 1.54) is 5.56 Å². The molecule has 0 aliphatic carbocycles. The first-order valence-electron chi connectivity index (χ1n) is 8.58. The topological polar surface area (TPSA) is 31.7 Å². The number of hydrogen-bond acceptors (Lipinski definition) is 4. The van der Waals surface area contributed by atoms with Gasteiger partial charge in [0, 0.05) is 19.3 Å². The number of hydrogen-bond donors (Lipinski definition) is 0. The van der Waals surface area contributed by atoms with Gasteiger partial charge < -0.3 is 4.90 Å². The van der Waals surface area contributed by atoms with Crippen molar-refractivity contribution in [2.24, 2.45) is 5.10 Å². The minimum Gasteiger partial charge on any atom is -0.353 e. The minimum absolute atomic E-state index is 0.192. The molecule has 126 valence electrons. The van der Waals surface area contributed by atoms with E-state index >= 15 is 0 Å². The third-order valence-corrected chi connectivity index (χ3v) is 4.38. The van der Waals surface area contributed by atoms with Crippen molar-refractivity contribution in [1.29, 1.82) is 0 Å². The van der Waals surface area contributed by atoms with Crippen LogP contribution < -0.4 is 4.90 Å². The third kappa shape index (κ3) is 4.13. The Kier molecular flexibility index (Phi) is 4.84. The van der Waals surface area contributed by atoms with Crippen LogP contribution in [0.4, 0.5) is 5.82 Å². The van der Waals surface area contributed by atoms with E-state index in [9.17, 15) is 0 Å². The fourth-order valence-corrected chi connectivity index (χ4v) is 2.80. The Morgan fingerprint density at radius 2 is 1.67 bits per heavy atom. The van der Waals surface area contributed by atoms with Crippen LogP contribution in [0.25, 0.3) is 0 Å². The van der Waals surface area contributed by atoms with Crippen LogP contribution in [0.15, 0.2) is 53.8 Å². The zero-order valence-electron chi connectivity index (χ0n) is 14.8. The summed E-state index contributed by atoms with van der Waals surface area (Å²) in [6.45, 7) is 10.5. The molecule has 2 heterocycles. The highest BCUT2D eigenvalue weighted by Crippen LogP contribution is 2.21. The summed E-state index contributed by atoms with van der Waals surface area (Å²) in [6.07, 6.45) is 3.81. The fourth-order valence-electron chi connectivity index (χ4n) is 2.80. The predicted molar refractivity (Wildman–Crippen MR) is 101 cm³/mol. The van der Waals surface area contributed by atoms with E-state index in [-0.39, 0.29) is 5.41 Å². The summed E-state index contributed by atoms with van der Waals surface area (Å²) in [7, 11) is 0. The summed E-state index contributed by atoms with van der Waals surface area (Å²) in [5, 5.41) is 6.77. The van der Waals surface area contributed by atoms with Crippen molar-refractivity contribution in [2.45, 2.75) is 26.2 Å². The summed E-state index contributed by atoms with van der Waals surface area (Å²) in [6, 6.07) is 14.7. The van der Waals surface area contributed by atoms with Gasteiger partial charge in [-0.25, -0.2) is 4.98 Å². The molecule has 1 aliphatic heterocycles. The van der Waals surface area contributed by atoms with E-state index in [1.807, 2.05) is 24.5 Å². The Balaban J connectivity index is 1.55. The molecule has 0 bridgehead atoms. The second-order valence-corrected chi connectivity index (χ2v) is 7.25. The maximum atomic E-state index is 4.63. The quantitative estimate of drug-likeness (QED) is 0.810. The van der Waals surface area contributed by atoms with Crippen molar-refractivity contribution in [3.8, 4) is 0 Å². The molecule has 1 aromatic heterocycles. The van der Waals surface area contributed by atoms with E-state index in [1.54, 1.807) is 0 Å². The maximum Gasteiger partial charge on any atom is 0.128 e. The zero-order chi connectivity index (χ0) is 17.0. The predicted octanol–water partition coefficient (Wildman–Crippen LogP) is 3.54. The molecule has 2 aromatic rings. The number of pyridine rings is 1. The summed E-state index contributed by atoms with van der Waals surface area (Å²) in [5.74, 6) is 1.05. The number of aromatic nitrogens is 1. The molecule has 1 aromatic carbocycles. The van der Waals surface area contributed by atoms with Crippen LogP contribution in [0.3, 0.4) is 0 Å². The van der Waals surface area contributed by atoms with E-state index < -0.39 is 0 Å². The standard InChI is InChI=1S/C20H26N4/c1-20(2,3)18-9-7-17(8-10-18)16-22-24-14-12-23(13-15-24)19-6-4-5-11-21-19/h4-11,16H,12-15H2,1-3H3/b22-16-. The van der Waals surface area contributed by atoms with Gasteiger partial charge in [0.25, 0.3) is 0 Å². The van der Waals surface area contributed by atoms with Crippen LogP contribution in [0.1, 0.15) is 31.9 Å². The van der Waals surface area contributed by atoms with E-state index in [0.717, 1.165) is 37.6 Å². The summed E-state index contributed by atoms with van der Waals surface area (Å²) >= 11 is 0. The number of rotatable bonds is 3. The largest absolute Gasteiger partial charge is 0.353 e. The molecule has 0 radical (unpaired) electrons. The van der Waals surface area contributed by atoms with Crippen LogP contribution in [0.2, 0.25) is 0 Å². The lowest BCUT2D eigenvalue weighted by Gasteiger charge is -2.33. The molecule has 0 amide bonds. The molecule has 24 heavy (non-hydrogen) atoms. The van der Waals surface area contributed by atoms with E-state index in [2.05, 4.69) is 71.1 Å². The van der Waals surface area contributed by atoms with Crippen molar-refractivity contribution in [3.05, 3.63) is 59.8 Å². The number of anilines is 1. The fraction of sp³-hybridized carbons (Fsp3) is 0.400. The highest BCUT2D eigenvalue weighted by Gasteiger charge is 2.16. The molecule has 3 rings (SSSR count). The van der Waals surface area contributed by atoms with Gasteiger partial charge in [-0.05, 0) is 28.7 Å². The van der Waals surface area contributed by atoms with Gasteiger partial charge in [0.15, 0.2) is 0 Å². The van der Waals surface area contributed by atoms with Crippen LogP contribution in [0, 0.1) is 0 Å². The third-order valence-electron chi connectivity index (χ3n) is 4.38. The van der Waals surface area contributed by atoms with Crippen LogP contribution in [-0.2, 0) is 5.41 Å². The highest BCUT2D eigenvalue weighted by molar-refractivity contribution is 5.79. The molecule has 4 heteroatoms. The van der Waals surface area contributed by atoms with Gasteiger partial charge in [-0.15, -0.1) is 0 Å². The number of piperazine rings is 1. The molecule has 1 aliphatic rings. The molecule has 0 unspecified atom stereocenters. The number of benzene rings is 1. The van der Waals surface area contributed by atoms with Crippen molar-refractivity contribution >= 4 is 12.0 Å². The second-order valence-electron chi connectivity index (χ2n) is 7.25. The van der Waals surface area contributed by atoms with Crippen LogP contribution >= 0.6 is 0 Å². The van der Waals surface area contributed by atoms with Gasteiger partial charge in [-0.1, -0.05) is 51.1 Å². The normalized spacial score (nSPS) is 16.0. The van der Waals surface area contributed by atoms with Crippen molar-refractivity contribution in [3.63, 3.8) is 0 Å². The zero-order valence-corrected chi connectivity index (χ0v) is 14.8. The highest BCUT2D eigenvalue weighted by atomic mass is 15.5. The van der Waals surface area contributed by atoms with Gasteiger partial charge in [-0.3, -0.25) is 5.01 Å². The Morgan fingerprint density at radius 1 is 0.958 bits per heavy atom. The molecule has 1 saturated heterocycles. The molecule has 0 N–H and O–H groups in total. The van der Waals surface area contributed by atoms with Crippen molar-refractivity contribution in [1.82, 2.24) is 9.99 Å². The first-order valence-corrected chi connectivity index (χ1v) is 8.58. The lowest BCUT2D eigenvalue weighted by atomic mass is 9.87. The Labute approximate surface area is 144 Å². The Morgan fingerprint density at radius 3 is 2.25 bits per heavy atom. The molecular formula is C20H26N4. The van der Waals surface area contributed by atoms with Gasteiger partial charge in [0.2, 0.25) is 0 Å². The van der Waals surface area contributed by atoms with Crippen LogP contribution in [-0.4, -0.2) is 42.4 Å². The van der Waals surface area contributed by atoms with E-state index in [4.69, 9.17) is 0 Å². The number of hydrazone groups is 1. The molecular weight excluding hydrogens is 296 g/mol. The van der Waals surface area contributed by atoms with Crippen molar-refractivity contribution in [2.75, 3.05) is 31.1 Å². The van der Waals surface area contributed by atoms with Gasteiger partial charge in [0.05, 0.1) is 19.3 Å². The lowest BCUT2D eigenvalue weighted by Crippen LogP contribution is -2.44. The van der Waals surface area contributed by atoms with Gasteiger partial charge in [0.1, 0.15) is 5.82 Å². The SMILES string of the molecule is CC(C)(C)c1ccc(/C=N\N2CCN(c3ccccn3)CC2)cc1. The smallest absolute Gasteiger partial charge is 0.128 e. The van der Waals surface area contributed by atoms with Crippen LogP contribution in [0.5, 0.6) is 0 Å². The Hall–Kier alpha value is -2.36. The average molecular weight is 322 g/mol. The minimum atomic E-state index is 0.192. The summed E-state index contributed by atoms with van der Waals surface area (Å²) < 4.78 is 0. The maximum absolute atomic E-state index is 4.63. The Bertz CT molecular complexity index is 663. The molecule has 4 nitrogen and oxygen atoms in total. The second kappa shape index (κ2) is 7.04. The summed E-state index contributed by atoms with van der Waals surface area (Å²) in [5.41, 5.74) is 2.69. The molecule has 0 saturated carbocycles. The van der Waals surface area contributed by atoms with Gasteiger partial charge in [-0.2, -0.15) is 5.10 Å². The van der Waals surface area contributed by atoms with Gasteiger partial charge >= 0.3 is 0 Å². The molecule has 0 atom stereocenters. The molecule has 1 fully saturated rings. The number of nitrogens with zero attached hydrogens (tertiary/aromatic N) is 4. The monoisotopic (exact) mass is 322 g/mol. The molecule has 0 spiro atoms. The van der Waals surface area contributed by atoms with Crippen molar-refractivity contribution < 1.29 is 0 Å². The average Bonchev–Trinajstić information content (AvgIpc) is 2.61. The lowest BCUT2D eigenvalue weighted by molar-refractivity contribution is 0.271.